The number of carbonyl (C=O) groups excluding carboxylic acids is 2. The smallest absolute Gasteiger partial charge is 0.245 e. The van der Waals surface area contributed by atoms with Crippen LogP contribution in [-0.2, 0) is 14.3 Å². The summed E-state index contributed by atoms with van der Waals surface area (Å²) in [7, 11) is 0. The summed E-state index contributed by atoms with van der Waals surface area (Å²) in [5, 5.41) is 2.83. The molecule has 2 aliphatic heterocycles. The monoisotopic (exact) mass is 254 g/mol. The van der Waals surface area contributed by atoms with Gasteiger partial charge in [0, 0.05) is 19.6 Å². The van der Waals surface area contributed by atoms with Gasteiger partial charge in [-0.25, -0.2) is 0 Å². The van der Waals surface area contributed by atoms with E-state index in [-0.39, 0.29) is 23.3 Å². The molecule has 0 aliphatic carbocycles. The Bertz CT molecular complexity index is 348. The van der Waals surface area contributed by atoms with E-state index in [1.54, 1.807) is 0 Å². The molecule has 5 heteroatoms. The molecule has 0 aromatic heterocycles. The Labute approximate surface area is 108 Å². The Hall–Kier alpha value is -1.10. The molecule has 2 unspecified atom stereocenters. The van der Waals surface area contributed by atoms with Crippen molar-refractivity contribution in [1.82, 2.24) is 10.2 Å². The van der Waals surface area contributed by atoms with Crippen molar-refractivity contribution in [3.05, 3.63) is 0 Å². The lowest BCUT2D eigenvalue weighted by molar-refractivity contribution is -0.140. The first-order valence-corrected chi connectivity index (χ1v) is 6.63. The van der Waals surface area contributed by atoms with Crippen LogP contribution < -0.4 is 5.32 Å². The lowest BCUT2D eigenvalue weighted by Gasteiger charge is -2.38. The average molecular weight is 254 g/mol. The minimum absolute atomic E-state index is 0.0313. The van der Waals surface area contributed by atoms with Gasteiger partial charge in [-0.3, -0.25) is 9.59 Å². The van der Waals surface area contributed by atoms with Crippen molar-refractivity contribution < 1.29 is 14.3 Å². The molecule has 2 aliphatic rings. The van der Waals surface area contributed by atoms with Gasteiger partial charge in [-0.15, -0.1) is 0 Å². The van der Waals surface area contributed by atoms with E-state index < -0.39 is 6.04 Å². The molecular formula is C13H22N2O3. The van der Waals surface area contributed by atoms with E-state index in [2.05, 4.69) is 5.32 Å². The number of ether oxygens (including phenoxy) is 1. The Kier molecular flexibility index (Phi) is 3.61. The Morgan fingerprint density at radius 3 is 2.72 bits per heavy atom. The molecule has 5 nitrogen and oxygen atoms in total. The molecule has 2 saturated heterocycles. The summed E-state index contributed by atoms with van der Waals surface area (Å²) >= 11 is 0. The molecule has 0 saturated carbocycles. The van der Waals surface area contributed by atoms with Gasteiger partial charge in [0.2, 0.25) is 11.8 Å². The fourth-order valence-corrected chi connectivity index (χ4v) is 2.66. The second-order valence-electron chi connectivity index (χ2n) is 5.83. The van der Waals surface area contributed by atoms with Crippen molar-refractivity contribution in [2.75, 3.05) is 19.8 Å². The maximum absolute atomic E-state index is 12.6. The lowest BCUT2D eigenvalue weighted by Crippen LogP contribution is -2.56. The first-order chi connectivity index (χ1) is 8.44. The van der Waals surface area contributed by atoms with E-state index in [4.69, 9.17) is 4.74 Å². The van der Waals surface area contributed by atoms with Crippen LogP contribution in [0.1, 0.15) is 33.6 Å². The lowest BCUT2D eigenvalue weighted by atomic mass is 9.95. The molecule has 1 N–H and O–H groups in total. The molecule has 2 amide bonds. The quantitative estimate of drug-likeness (QED) is 0.782. The number of hydrogen-bond donors (Lipinski definition) is 1. The van der Waals surface area contributed by atoms with E-state index in [1.807, 2.05) is 25.7 Å². The largest absolute Gasteiger partial charge is 0.379 e. The molecule has 2 heterocycles. The molecule has 0 aromatic carbocycles. The second kappa shape index (κ2) is 4.88. The number of hydrogen-bond acceptors (Lipinski definition) is 3. The molecule has 2 rings (SSSR count). The standard InChI is InChI=1S/C13H22N2O3/c1-9(2)11-12(17)15(6-4-10(16)14-11)13(3)5-7-18-8-13/h9,11H,4-8H2,1-3H3,(H,14,16). The van der Waals surface area contributed by atoms with Crippen molar-refractivity contribution in [2.45, 2.75) is 45.2 Å². The normalized spacial score (nSPS) is 33.8. The zero-order chi connectivity index (χ0) is 13.3. The average Bonchev–Trinajstić information content (AvgIpc) is 2.66. The predicted molar refractivity (Wildman–Crippen MR) is 66.9 cm³/mol. The predicted octanol–water partition coefficient (Wildman–Crippen LogP) is 0.538. The van der Waals surface area contributed by atoms with Crippen molar-refractivity contribution in [3.63, 3.8) is 0 Å². The van der Waals surface area contributed by atoms with Gasteiger partial charge in [-0.1, -0.05) is 13.8 Å². The topological polar surface area (TPSA) is 58.6 Å². The number of amides is 2. The van der Waals surface area contributed by atoms with Crippen LogP contribution in [0.4, 0.5) is 0 Å². The van der Waals surface area contributed by atoms with Crippen molar-refractivity contribution >= 4 is 11.8 Å². The van der Waals surface area contributed by atoms with Crippen LogP contribution in [-0.4, -0.2) is 48.1 Å². The summed E-state index contributed by atoms with van der Waals surface area (Å²) in [6.07, 6.45) is 1.22. The first kappa shape index (κ1) is 13.3. The summed E-state index contributed by atoms with van der Waals surface area (Å²) in [5.41, 5.74) is -0.253. The Morgan fingerprint density at radius 1 is 1.44 bits per heavy atom. The van der Waals surface area contributed by atoms with Crippen LogP contribution in [0.25, 0.3) is 0 Å². The van der Waals surface area contributed by atoms with Gasteiger partial charge in [0.05, 0.1) is 12.1 Å². The van der Waals surface area contributed by atoms with Crippen LogP contribution in [0.2, 0.25) is 0 Å². The van der Waals surface area contributed by atoms with Gasteiger partial charge >= 0.3 is 0 Å². The number of nitrogens with one attached hydrogen (secondary N) is 1. The molecule has 2 fully saturated rings. The molecular weight excluding hydrogens is 232 g/mol. The Balaban J connectivity index is 2.23. The van der Waals surface area contributed by atoms with E-state index in [0.717, 1.165) is 6.42 Å². The van der Waals surface area contributed by atoms with E-state index in [9.17, 15) is 9.59 Å². The van der Waals surface area contributed by atoms with Gasteiger partial charge in [-0.2, -0.15) is 0 Å². The maximum atomic E-state index is 12.6. The second-order valence-corrected chi connectivity index (χ2v) is 5.83. The highest BCUT2D eigenvalue weighted by Crippen LogP contribution is 2.28. The number of rotatable bonds is 2. The molecule has 0 radical (unpaired) electrons. The van der Waals surface area contributed by atoms with Gasteiger partial charge in [0.15, 0.2) is 0 Å². The summed E-state index contributed by atoms with van der Waals surface area (Å²) in [6, 6.07) is -0.405. The highest BCUT2D eigenvalue weighted by molar-refractivity contribution is 5.90. The molecule has 102 valence electrons. The fraction of sp³-hybridized carbons (Fsp3) is 0.846. The fourth-order valence-electron chi connectivity index (χ4n) is 2.66. The zero-order valence-corrected chi connectivity index (χ0v) is 11.4. The van der Waals surface area contributed by atoms with Crippen LogP contribution in [0, 0.1) is 5.92 Å². The zero-order valence-electron chi connectivity index (χ0n) is 11.4. The van der Waals surface area contributed by atoms with E-state index in [1.165, 1.54) is 0 Å². The summed E-state index contributed by atoms with van der Waals surface area (Å²) < 4.78 is 5.43. The van der Waals surface area contributed by atoms with Gasteiger partial charge in [0.1, 0.15) is 6.04 Å². The molecule has 2 atom stereocenters. The van der Waals surface area contributed by atoms with Gasteiger partial charge < -0.3 is 15.0 Å². The third-order valence-electron chi connectivity index (χ3n) is 3.93. The van der Waals surface area contributed by atoms with Crippen LogP contribution in [0.5, 0.6) is 0 Å². The van der Waals surface area contributed by atoms with Crippen molar-refractivity contribution in [1.29, 1.82) is 0 Å². The minimum Gasteiger partial charge on any atom is -0.379 e. The van der Waals surface area contributed by atoms with Gasteiger partial charge in [0.25, 0.3) is 0 Å². The Morgan fingerprint density at radius 2 is 2.17 bits per heavy atom. The SMILES string of the molecule is CC(C)C1NC(=O)CCN(C2(C)CCOC2)C1=O. The highest BCUT2D eigenvalue weighted by atomic mass is 16.5. The van der Waals surface area contributed by atoms with Crippen LogP contribution >= 0.6 is 0 Å². The first-order valence-electron chi connectivity index (χ1n) is 6.63. The van der Waals surface area contributed by atoms with Crippen molar-refractivity contribution in [3.8, 4) is 0 Å². The molecule has 0 spiro atoms. The van der Waals surface area contributed by atoms with Crippen molar-refractivity contribution in [2.24, 2.45) is 5.92 Å². The summed E-state index contributed by atoms with van der Waals surface area (Å²) in [4.78, 5) is 26.1. The number of nitrogens with zero attached hydrogens (tertiary/aromatic N) is 1. The van der Waals surface area contributed by atoms with Gasteiger partial charge in [-0.05, 0) is 19.3 Å². The maximum Gasteiger partial charge on any atom is 0.245 e. The minimum atomic E-state index is -0.405. The highest BCUT2D eigenvalue weighted by Gasteiger charge is 2.43. The third kappa shape index (κ3) is 2.36. The molecule has 0 aromatic rings. The van der Waals surface area contributed by atoms with Crippen LogP contribution in [0.15, 0.2) is 0 Å². The summed E-state index contributed by atoms with van der Waals surface area (Å²) in [5.74, 6) is 0.101. The molecule has 0 bridgehead atoms. The molecule has 18 heavy (non-hydrogen) atoms. The number of carbonyl (C=O) groups is 2. The third-order valence-corrected chi connectivity index (χ3v) is 3.93. The summed E-state index contributed by atoms with van der Waals surface area (Å²) in [6.45, 7) is 7.71. The van der Waals surface area contributed by atoms with Crippen LogP contribution in [0.3, 0.4) is 0 Å². The van der Waals surface area contributed by atoms with E-state index in [0.29, 0.717) is 26.2 Å². The van der Waals surface area contributed by atoms with E-state index >= 15 is 0 Å².